The lowest BCUT2D eigenvalue weighted by atomic mass is 9.74. The Bertz CT molecular complexity index is 465. The van der Waals surface area contributed by atoms with Crippen LogP contribution in [-0.2, 0) is 5.41 Å². The molecule has 0 unspecified atom stereocenters. The van der Waals surface area contributed by atoms with Crippen LogP contribution in [0.3, 0.4) is 0 Å². The first-order valence-electron chi connectivity index (χ1n) is 11.1. The third kappa shape index (κ3) is 8.47. The normalized spacial score (nSPS) is 11.8. The van der Waals surface area contributed by atoms with E-state index in [9.17, 15) is 10.2 Å². The summed E-state index contributed by atoms with van der Waals surface area (Å²) >= 11 is 0. The molecule has 0 heterocycles. The zero-order valence-electron chi connectivity index (χ0n) is 17.5. The van der Waals surface area contributed by atoms with Crippen molar-refractivity contribution in [1.82, 2.24) is 0 Å². The Morgan fingerprint density at radius 2 is 1.12 bits per heavy atom. The molecule has 0 spiro atoms. The predicted molar refractivity (Wildman–Crippen MR) is 113 cm³/mol. The molecule has 0 amide bonds. The molecule has 2 N–H and O–H groups in total. The molecule has 2 heteroatoms. The van der Waals surface area contributed by atoms with Gasteiger partial charge in [-0.25, -0.2) is 0 Å². The second-order valence-corrected chi connectivity index (χ2v) is 8.30. The number of unbranched alkanes of at least 4 members (excludes halogenated alkanes) is 10. The van der Waals surface area contributed by atoms with E-state index in [4.69, 9.17) is 0 Å². The van der Waals surface area contributed by atoms with Gasteiger partial charge in [0.25, 0.3) is 0 Å². The number of phenols is 2. The van der Waals surface area contributed by atoms with Gasteiger partial charge in [0.05, 0.1) is 0 Å². The molecule has 2 nitrogen and oxygen atoms in total. The summed E-state index contributed by atoms with van der Waals surface area (Å²) in [6, 6.07) is 5.43. The minimum atomic E-state index is -0.0183. The van der Waals surface area contributed by atoms with Gasteiger partial charge in [-0.1, -0.05) is 104 Å². The lowest BCUT2D eigenvalue weighted by Crippen LogP contribution is -2.22. The number of phenolic OH excluding ortho intramolecular Hbond substituents is 2. The molecule has 0 fully saturated rings. The van der Waals surface area contributed by atoms with Gasteiger partial charge < -0.3 is 10.2 Å². The smallest absolute Gasteiger partial charge is 0.157 e. The lowest BCUT2D eigenvalue weighted by Gasteiger charge is -2.31. The van der Waals surface area contributed by atoms with Crippen LogP contribution in [0.2, 0.25) is 0 Å². The van der Waals surface area contributed by atoms with Gasteiger partial charge in [0.2, 0.25) is 0 Å². The summed E-state index contributed by atoms with van der Waals surface area (Å²) in [7, 11) is 0. The Labute approximate surface area is 162 Å². The van der Waals surface area contributed by atoms with E-state index in [1.165, 1.54) is 82.6 Å². The average molecular weight is 363 g/mol. The average Bonchev–Trinajstić information content (AvgIpc) is 2.63. The largest absolute Gasteiger partial charge is 0.504 e. The van der Waals surface area contributed by atoms with E-state index in [2.05, 4.69) is 20.8 Å². The lowest BCUT2D eigenvalue weighted by molar-refractivity contribution is 0.356. The Kier molecular flexibility index (Phi) is 11.5. The molecule has 1 rings (SSSR count). The molecule has 0 aliphatic rings. The minimum Gasteiger partial charge on any atom is -0.504 e. The number of hydrogen-bond acceptors (Lipinski definition) is 2. The molecular weight excluding hydrogens is 320 g/mol. The van der Waals surface area contributed by atoms with Crippen LogP contribution in [0.25, 0.3) is 0 Å². The van der Waals surface area contributed by atoms with Crippen molar-refractivity contribution in [3.8, 4) is 11.5 Å². The molecule has 0 atom stereocenters. The summed E-state index contributed by atoms with van der Waals surface area (Å²) in [6.07, 6.45) is 18.1. The zero-order valence-corrected chi connectivity index (χ0v) is 17.5. The van der Waals surface area contributed by atoms with Crippen molar-refractivity contribution in [2.75, 3.05) is 0 Å². The summed E-state index contributed by atoms with van der Waals surface area (Å²) in [6.45, 7) is 6.86. The first-order chi connectivity index (χ1) is 12.5. The second-order valence-electron chi connectivity index (χ2n) is 8.30. The van der Waals surface area contributed by atoms with E-state index in [0.717, 1.165) is 12.8 Å². The highest BCUT2D eigenvalue weighted by atomic mass is 16.3. The zero-order chi connectivity index (χ0) is 19.3. The van der Waals surface area contributed by atoms with E-state index < -0.39 is 0 Å². The quantitative estimate of drug-likeness (QED) is 0.246. The van der Waals surface area contributed by atoms with E-state index in [1.54, 1.807) is 12.1 Å². The molecule has 26 heavy (non-hydrogen) atoms. The maximum absolute atomic E-state index is 9.95. The standard InChI is InChI=1S/C24H42O2/c1-4-6-8-10-12-14-18-24(3,19-15-13-11-9-7-5-2)21-16-17-22(25)23(26)20-21/h16-17,20,25-26H,4-15,18-19H2,1-3H3. The highest BCUT2D eigenvalue weighted by Crippen LogP contribution is 2.39. The van der Waals surface area contributed by atoms with Crippen molar-refractivity contribution >= 4 is 0 Å². The van der Waals surface area contributed by atoms with Gasteiger partial charge in [-0.3, -0.25) is 0 Å². The van der Waals surface area contributed by atoms with Gasteiger partial charge in [-0.15, -0.1) is 0 Å². The summed E-state index contributed by atoms with van der Waals surface area (Å²) in [5.74, 6) is -0.00477. The molecule has 0 aromatic heterocycles. The summed E-state index contributed by atoms with van der Waals surface area (Å²) in [5, 5.41) is 19.6. The highest BCUT2D eigenvalue weighted by molar-refractivity contribution is 5.43. The van der Waals surface area contributed by atoms with Crippen LogP contribution < -0.4 is 0 Å². The summed E-state index contributed by atoms with van der Waals surface area (Å²) in [5.41, 5.74) is 1.27. The number of hydrogen-bond donors (Lipinski definition) is 2. The van der Waals surface area contributed by atoms with Crippen LogP contribution in [0.5, 0.6) is 11.5 Å². The van der Waals surface area contributed by atoms with Gasteiger partial charge >= 0.3 is 0 Å². The SMILES string of the molecule is CCCCCCCCC(C)(CCCCCCCC)c1ccc(O)c(O)c1. The predicted octanol–water partition coefficient (Wildman–Crippen LogP) is 7.86. The maximum atomic E-state index is 9.95. The van der Waals surface area contributed by atoms with Gasteiger partial charge in [-0.2, -0.15) is 0 Å². The van der Waals surface area contributed by atoms with E-state index in [-0.39, 0.29) is 16.9 Å². The molecule has 1 aromatic rings. The van der Waals surface area contributed by atoms with Crippen LogP contribution >= 0.6 is 0 Å². The molecule has 0 saturated carbocycles. The molecule has 1 aromatic carbocycles. The van der Waals surface area contributed by atoms with Crippen LogP contribution in [-0.4, -0.2) is 10.2 Å². The van der Waals surface area contributed by atoms with Gasteiger partial charge in [0.1, 0.15) is 0 Å². The molecule has 0 radical (unpaired) electrons. The summed E-state index contributed by atoms with van der Waals surface area (Å²) < 4.78 is 0. The first kappa shape index (κ1) is 22.9. The Morgan fingerprint density at radius 1 is 0.654 bits per heavy atom. The highest BCUT2D eigenvalue weighted by Gasteiger charge is 2.26. The van der Waals surface area contributed by atoms with Crippen molar-refractivity contribution in [1.29, 1.82) is 0 Å². The summed E-state index contributed by atoms with van der Waals surface area (Å²) in [4.78, 5) is 0. The number of rotatable bonds is 15. The number of aromatic hydroxyl groups is 2. The molecule has 150 valence electrons. The van der Waals surface area contributed by atoms with Crippen molar-refractivity contribution in [2.45, 2.75) is 116 Å². The fourth-order valence-electron chi connectivity index (χ4n) is 3.90. The van der Waals surface area contributed by atoms with Gasteiger partial charge in [0, 0.05) is 0 Å². The van der Waals surface area contributed by atoms with Gasteiger partial charge in [-0.05, 0) is 36.0 Å². The fourth-order valence-corrected chi connectivity index (χ4v) is 3.90. The van der Waals surface area contributed by atoms with Crippen LogP contribution in [0.4, 0.5) is 0 Å². The molecular formula is C24H42O2. The van der Waals surface area contributed by atoms with Crippen molar-refractivity contribution < 1.29 is 10.2 Å². The third-order valence-corrected chi connectivity index (χ3v) is 5.84. The van der Waals surface area contributed by atoms with E-state index in [1.807, 2.05) is 6.07 Å². The van der Waals surface area contributed by atoms with Crippen LogP contribution in [0.1, 0.15) is 116 Å². The fraction of sp³-hybridized carbons (Fsp3) is 0.750. The molecule has 0 bridgehead atoms. The Balaban J connectivity index is 2.59. The molecule has 0 aliphatic heterocycles. The monoisotopic (exact) mass is 362 g/mol. The topological polar surface area (TPSA) is 40.5 Å². The van der Waals surface area contributed by atoms with Crippen LogP contribution in [0, 0.1) is 0 Å². The van der Waals surface area contributed by atoms with E-state index >= 15 is 0 Å². The molecule has 0 saturated heterocycles. The van der Waals surface area contributed by atoms with Gasteiger partial charge in [0.15, 0.2) is 11.5 Å². The van der Waals surface area contributed by atoms with Crippen molar-refractivity contribution in [2.24, 2.45) is 0 Å². The van der Waals surface area contributed by atoms with Crippen molar-refractivity contribution in [3.05, 3.63) is 23.8 Å². The first-order valence-corrected chi connectivity index (χ1v) is 11.1. The Hall–Kier alpha value is -1.18. The number of benzene rings is 1. The molecule has 0 aliphatic carbocycles. The minimum absolute atomic E-state index is 0.0135. The second kappa shape index (κ2) is 13.1. The van der Waals surface area contributed by atoms with Crippen LogP contribution in [0.15, 0.2) is 18.2 Å². The third-order valence-electron chi connectivity index (χ3n) is 5.84. The Morgan fingerprint density at radius 3 is 1.58 bits per heavy atom. The van der Waals surface area contributed by atoms with Crippen molar-refractivity contribution in [3.63, 3.8) is 0 Å². The maximum Gasteiger partial charge on any atom is 0.157 e. The van der Waals surface area contributed by atoms with E-state index in [0.29, 0.717) is 0 Å².